The summed E-state index contributed by atoms with van der Waals surface area (Å²) in [6, 6.07) is 12.9. The van der Waals surface area contributed by atoms with Crippen molar-refractivity contribution in [3.63, 3.8) is 0 Å². The maximum absolute atomic E-state index is 12.5. The van der Waals surface area contributed by atoms with Crippen molar-refractivity contribution in [2.45, 2.75) is 19.6 Å². The van der Waals surface area contributed by atoms with Crippen LogP contribution in [0.4, 0.5) is 11.4 Å². The zero-order valence-corrected chi connectivity index (χ0v) is 15.8. The van der Waals surface area contributed by atoms with Crippen LogP contribution in [0.25, 0.3) is 16.7 Å². The summed E-state index contributed by atoms with van der Waals surface area (Å²) >= 11 is 0. The Labute approximate surface area is 164 Å². The SMILES string of the molecule is CC1Oc2ccc(NCc3nnc4n(C)c(=O)c5ccccc5n34)cc2NC1=O. The molecule has 1 atom stereocenters. The molecule has 4 aromatic rings. The van der Waals surface area contributed by atoms with Crippen LogP contribution in [0.15, 0.2) is 47.3 Å². The van der Waals surface area contributed by atoms with Gasteiger partial charge in [0.2, 0.25) is 5.78 Å². The first-order valence-corrected chi connectivity index (χ1v) is 9.20. The lowest BCUT2D eigenvalue weighted by atomic mass is 10.2. The van der Waals surface area contributed by atoms with E-state index in [2.05, 4.69) is 20.8 Å². The molecule has 0 aliphatic carbocycles. The fourth-order valence-electron chi connectivity index (χ4n) is 3.51. The highest BCUT2D eigenvalue weighted by Crippen LogP contribution is 2.32. The first-order chi connectivity index (χ1) is 14.0. The molecule has 0 saturated carbocycles. The van der Waals surface area contributed by atoms with E-state index in [1.165, 1.54) is 4.57 Å². The largest absolute Gasteiger partial charge is 0.479 e. The number of amides is 1. The molecule has 2 aromatic carbocycles. The zero-order chi connectivity index (χ0) is 20.1. The average Bonchev–Trinajstić information content (AvgIpc) is 3.15. The van der Waals surface area contributed by atoms with E-state index in [-0.39, 0.29) is 11.5 Å². The summed E-state index contributed by atoms with van der Waals surface area (Å²) in [5.74, 6) is 1.60. The van der Waals surface area contributed by atoms with Crippen LogP contribution in [-0.4, -0.2) is 31.2 Å². The van der Waals surface area contributed by atoms with Crippen molar-refractivity contribution < 1.29 is 9.53 Å². The molecule has 0 radical (unpaired) electrons. The monoisotopic (exact) mass is 390 g/mol. The van der Waals surface area contributed by atoms with Gasteiger partial charge in [0, 0.05) is 12.7 Å². The number of rotatable bonds is 3. The number of nitrogens with one attached hydrogen (secondary N) is 2. The van der Waals surface area contributed by atoms with E-state index < -0.39 is 6.10 Å². The molecule has 3 heterocycles. The van der Waals surface area contributed by atoms with Crippen molar-refractivity contribution in [3.8, 4) is 5.75 Å². The van der Waals surface area contributed by atoms with Gasteiger partial charge in [0.15, 0.2) is 11.9 Å². The van der Waals surface area contributed by atoms with E-state index in [0.29, 0.717) is 35.0 Å². The number of benzene rings is 2. The number of aromatic nitrogens is 4. The second-order valence-corrected chi connectivity index (χ2v) is 6.95. The maximum Gasteiger partial charge on any atom is 0.265 e. The third-order valence-electron chi connectivity index (χ3n) is 5.05. The Bertz CT molecular complexity index is 1340. The molecular weight excluding hydrogens is 372 g/mol. The van der Waals surface area contributed by atoms with Crippen LogP contribution in [0.3, 0.4) is 0 Å². The molecule has 9 heteroatoms. The topological polar surface area (TPSA) is 103 Å². The van der Waals surface area contributed by atoms with Crippen LogP contribution in [-0.2, 0) is 18.4 Å². The highest BCUT2D eigenvalue weighted by molar-refractivity contribution is 5.98. The van der Waals surface area contributed by atoms with Crippen molar-refractivity contribution >= 4 is 34.0 Å². The van der Waals surface area contributed by atoms with Gasteiger partial charge < -0.3 is 15.4 Å². The van der Waals surface area contributed by atoms with Crippen molar-refractivity contribution in [1.82, 2.24) is 19.2 Å². The van der Waals surface area contributed by atoms with Crippen LogP contribution in [0.5, 0.6) is 5.75 Å². The van der Waals surface area contributed by atoms with Crippen molar-refractivity contribution in [2.24, 2.45) is 7.05 Å². The van der Waals surface area contributed by atoms with Crippen LogP contribution in [0.1, 0.15) is 12.7 Å². The Morgan fingerprint density at radius 2 is 2.00 bits per heavy atom. The Morgan fingerprint density at radius 3 is 2.86 bits per heavy atom. The van der Waals surface area contributed by atoms with Gasteiger partial charge in [0.05, 0.1) is 23.1 Å². The molecule has 1 aliphatic heterocycles. The number of hydrogen-bond acceptors (Lipinski definition) is 6. The fourth-order valence-corrected chi connectivity index (χ4v) is 3.51. The van der Waals surface area contributed by atoms with Gasteiger partial charge in [0.1, 0.15) is 5.75 Å². The number of carbonyl (C=O) groups is 1. The molecule has 29 heavy (non-hydrogen) atoms. The van der Waals surface area contributed by atoms with Gasteiger partial charge in [-0.3, -0.25) is 18.6 Å². The van der Waals surface area contributed by atoms with Gasteiger partial charge in [-0.25, -0.2) is 0 Å². The second-order valence-electron chi connectivity index (χ2n) is 6.95. The van der Waals surface area contributed by atoms with Crippen LogP contribution >= 0.6 is 0 Å². The van der Waals surface area contributed by atoms with E-state index >= 15 is 0 Å². The van der Waals surface area contributed by atoms with Gasteiger partial charge >= 0.3 is 0 Å². The molecule has 0 saturated heterocycles. The highest BCUT2D eigenvalue weighted by atomic mass is 16.5. The number of anilines is 2. The van der Waals surface area contributed by atoms with Crippen molar-refractivity contribution in [2.75, 3.05) is 10.6 Å². The van der Waals surface area contributed by atoms with E-state index in [9.17, 15) is 9.59 Å². The van der Waals surface area contributed by atoms with Crippen LogP contribution in [0.2, 0.25) is 0 Å². The number of para-hydroxylation sites is 1. The predicted molar refractivity (Wildman–Crippen MR) is 108 cm³/mol. The number of ether oxygens (including phenoxy) is 1. The minimum atomic E-state index is -0.511. The summed E-state index contributed by atoms with van der Waals surface area (Å²) in [6.45, 7) is 2.09. The minimum absolute atomic E-state index is 0.111. The summed E-state index contributed by atoms with van der Waals surface area (Å²) in [5.41, 5.74) is 2.07. The molecule has 0 fully saturated rings. The Kier molecular flexibility index (Phi) is 3.76. The van der Waals surface area contributed by atoms with Gasteiger partial charge in [-0.1, -0.05) is 12.1 Å². The molecule has 0 spiro atoms. The van der Waals surface area contributed by atoms with Crippen LogP contribution in [0, 0.1) is 0 Å². The second kappa shape index (κ2) is 6.33. The number of fused-ring (bicyclic) bond motifs is 4. The Morgan fingerprint density at radius 1 is 1.17 bits per heavy atom. The van der Waals surface area contributed by atoms with E-state index in [4.69, 9.17) is 4.74 Å². The van der Waals surface area contributed by atoms with Crippen molar-refractivity contribution in [1.29, 1.82) is 0 Å². The molecule has 1 unspecified atom stereocenters. The highest BCUT2D eigenvalue weighted by Gasteiger charge is 2.23. The smallest absolute Gasteiger partial charge is 0.265 e. The summed E-state index contributed by atoms with van der Waals surface area (Å²) in [4.78, 5) is 24.4. The molecule has 2 aromatic heterocycles. The molecule has 9 nitrogen and oxygen atoms in total. The van der Waals surface area contributed by atoms with E-state index in [0.717, 1.165) is 11.2 Å². The minimum Gasteiger partial charge on any atom is -0.479 e. The maximum atomic E-state index is 12.5. The van der Waals surface area contributed by atoms with Gasteiger partial charge in [-0.15, -0.1) is 10.2 Å². The number of nitrogens with zero attached hydrogens (tertiary/aromatic N) is 4. The normalized spacial score (nSPS) is 15.8. The average molecular weight is 390 g/mol. The summed E-state index contributed by atoms with van der Waals surface area (Å²) in [6.07, 6.45) is -0.511. The molecule has 5 rings (SSSR count). The molecule has 2 N–H and O–H groups in total. The first-order valence-electron chi connectivity index (χ1n) is 9.20. The third kappa shape index (κ3) is 2.70. The Hall–Kier alpha value is -3.88. The van der Waals surface area contributed by atoms with Crippen LogP contribution < -0.4 is 20.9 Å². The lowest BCUT2D eigenvalue weighted by Gasteiger charge is -2.23. The summed E-state index contributed by atoms with van der Waals surface area (Å²) in [7, 11) is 1.68. The van der Waals surface area contributed by atoms with E-state index in [1.54, 1.807) is 20.0 Å². The van der Waals surface area contributed by atoms with Crippen molar-refractivity contribution in [3.05, 3.63) is 58.6 Å². The lowest BCUT2D eigenvalue weighted by molar-refractivity contribution is -0.122. The van der Waals surface area contributed by atoms with Gasteiger partial charge in [0.25, 0.3) is 11.5 Å². The first kappa shape index (κ1) is 17.2. The third-order valence-corrected chi connectivity index (χ3v) is 5.05. The zero-order valence-electron chi connectivity index (χ0n) is 15.8. The van der Waals surface area contributed by atoms with Gasteiger partial charge in [-0.2, -0.15) is 0 Å². The Balaban J connectivity index is 1.50. The van der Waals surface area contributed by atoms with Gasteiger partial charge in [-0.05, 0) is 37.3 Å². The molecule has 1 amide bonds. The molecule has 146 valence electrons. The molecular formula is C20H18N6O3. The number of carbonyl (C=O) groups excluding carboxylic acids is 1. The number of aryl methyl sites for hydroxylation is 1. The summed E-state index contributed by atoms with van der Waals surface area (Å²) in [5, 5.41) is 15.2. The fraction of sp³-hybridized carbons (Fsp3) is 0.200. The van der Waals surface area contributed by atoms with E-state index in [1.807, 2.05) is 40.8 Å². The lowest BCUT2D eigenvalue weighted by Crippen LogP contribution is -2.34. The molecule has 0 bridgehead atoms. The molecule has 1 aliphatic rings. The quantitative estimate of drug-likeness (QED) is 0.554. The predicted octanol–water partition coefficient (Wildman–Crippen LogP) is 1.91. The summed E-state index contributed by atoms with van der Waals surface area (Å²) < 4.78 is 8.94. The standard InChI is InChI=1S/C20H18N6O3/c1-11-18(27)22-14-9-12(7-8-16(14)29-11)21-10-17-23-24-20-25(2)19(28)13-5-3-4-6-15(13)26(17)20/h3-9,11,21H,10H2,1-2H3,(H,22,27). The number of hydrogen-bond donors (Lipinski definition) is 2.